The van der Waals surface area contributed by atoms with Gasteiger partial charge in [0.15, 0.2) is 0 Å². The van der Waals surface area contributed by atoms with Gasteiger partial charge in [-0.25, -0.2) is 8.42 Å². The summed E-state index contributed by atoms with van der Waals surface area (Å²) in [4.78, 5) is 0.208. The van der Waals surface area contributed by atoms with Gasteiger partial charge >= 0.3 is 0 Å². The fraction of sp³-hybridized carbons (Fsp3) is 0.280. The fourth-order valence-corrected chi connectivity index (χ4v) is 5.60. The Morgan fingerprint density at radius 1 is 0.900 bits per heavy atom. The Morgan fingerprint density at radius 2 is 1.53 bits per heavy atom. The molecule has 5 heteroatoms. The summed E-state index contributed by atoms with van der Waals surface area (Å²) in [5, 5.41) is 0. The van der Waals surface area contributed by atoms with Crippen molar-refractivity contribution in [1.82, 2.24) is 4.72 Å². The summed E-state index contributed by atoms with van der Waals surface area (Å²) in [6, 6.07) is 20.8. The van der Waals surface area contributed by atoms with Gasteiger partial charge in [-0.05, 0) is 72.6 Å². The van der Waals surface area contributed by atoms with Gasteiger partial charge in [0.05, 0.1) is 13.2 Å². The van der Waals surface area contributed by atoms with Crippen molar-refractivity contribution in [2.24, 2.45) is 0 Å². The molecule has 0 saturated carbocycles. The zero-order valence-corrected chi connectivity index (χ0v) is 18.2. The molecule has 0 bridgehead atoms. The van der Waals surface area contributed by atoms with Gasteiger partial charge in [-0.3, -0.25) is 0 Å². The van der Waals surface area contributed by atoms with E-state index in [1.54, 1.807) is 6.07 Å². The minimum atomic E-state index is -3.82. The lowest BCUT2D eigenvalue weighted by molar-refractivity contribution is 0.400. The number of methoxy groups -OCH3 is 1. The maximum Gasteiger partial charge on any atom is 0.245 e. The lowest BCUT2D eigenvalue weighted by Crippen LogP contribution is -2.30. The predicted octanol–water partition coefficient (Wildman–Crippen LogP) is 4.95. The van der Waals surface area contributed by atoms with Gasteiger partial charge in [0.25, 0.3) is 0 Å². The van der Waals surface area contributed by atoms with E-state index in [4.69, 9.17) is 4.74 Å². The molecular formula is C25H27NO3S. The number of aryl methyl sites for hydroxylation is 3. The van der Waals surface area contributed by atoms with Crippen LogP contribution in [0.4, 0.5) is 0 Å². The molecule has 0 amide bonds. The SMILES string of the molecule is COc1cc2c(cc1S(=O)(=O)N[C@@H](c1ccccc1)c1ccccc1C)CCCC2. The fourth-order valence-electron chi connectivity index (χ4n) is 4.20. The highest BCUT2D eigenvalue weighted by Gasteiger charge is 2.28. The van der Waals surface area contributed by atoms with Crippen molar-refractivity contribution in [2.45, 2.75) is 43.5 Å². The summed E-state index contributed by atoms with van der Waals surface area (Å²) in [7, 11) is -2.30. The van der Waals surface area contributed by atoms with Crippen molar-refractivity contribution in [3.63, 3.8) is 0 Å². The second kappa shape index (κ2) is 8.62. The molecule has 1 aliphatic carbocycles. The quantitative estimate of drug-likeness (QED) is 0.613. The number of hydrogen-bond donors (Lipinski definition) is 1. The first kappa shape index (κ1) is 20.6. The minimum Gasteiger partial charge on any atom is -0.495 e. The molecule has 0 radical (unpaired) electrons. The zero-order valence-electron chi connectivity index (χ0n) is 17.4. The summed E-state index contributed by atoms with van der Waals surface area (Å²) in [5.74, 6) is 0.403. The molecule has 3 aromatic rings. The Kier molecular flexibility index (Phi) is 5.93. The van der Waals surface area contributed by atoms with Crippen LogP contribution in [0.1, 0.15) is 46.7 Å². The number of fused-ring (bicyclic) bond motifs is 1. The molecule has 3 aromatic carbocycles. The van der Waals surface area contributed by atoms with E-state index >= 15 is 0 Å². The predicted molar refractivity (Wildman–Crippen MR) is 119 cm³/mol. The van der Waals surface area contributed by atoms with E-state index in [1.807, 2.05) is 67.6 Å². The highest BCUT2D eigenvalue weighted by molar-refractivity contribution is 7.89. The van der Waals surface area contributed by atoms with Crippen LogP contribution in [0.5, 0.6) is 5.75 Å². The highest BCUT2D eigenvalue weighted by atomic mass is 32.2. The molecule has 0 heterocycles. The second-order valence-corrected chi connectivity index (χ2v) is 9.48. The molecule has 0 aliphatic heterocycles. The molecule has 30 heavy (non-hydrogen) atoms. The monoisotopic (exact) mass is 421 g/mol. The van der Waals surface area contributed by atoms with E-state index in [2.05, 4.69) is 4.72 Å². The van der Waals surface area contributed by atoms with Crippen molar-refractivity contribution < 1.29 is 13.2 Å². The molecular weight excluding hydrogens is 394 g/mol. The Morgan fingerprint density at radius 3 is 2.20 bits per heavy atom. The van der Waals surface area contributed by atoms with Gasteiger partial charge < -0.3 is 4.74 Å². The Balaban J connectivity index is 1.79. The van der Waals surface area contributed by atoms with E-state index in [0.717, 1.165) is 47.9 Å². The van der Waals surface area contributed by atoms with E-state index in [-0.39, 0.29) is 4.90 Å². The first-order chi connectivity index (χ1) is 14.5. The molecule has 156 valence electrons. The van der Waals surface area contributed by atoms with E-state index in [9.17, 15) is 8.42 Å². The molecule has 0 fully saturated rings. The number of ether oxygens (including phenoxy) is 1. The van der Waals surface area contributed by atoms with Gasteiger partial charge in [0, 0.05) is 0 Å². The summed E-state index contributed by atoms with van der Waals surface area (Å²) >= 11 is 0. The molecule has 0 aromatic heterocycles. The van der Waals surface area contributed by atoms with Crippen LogP contribution in [0.3, 0.4) is 0 Å². The van der Waals surface area contributed by atoms with Crippen LogP contribution in [0.15, 0.2) is 71.6 Å². The molecule has 0 saturated heterocycles. The van der Waals surface area contributed by atoms with Crippen molar-refractivity contribution in [2.75, 3.05) is 7.11 Å². The Labute approximate surface area is 179 Å². The zero-order chi connectivity index (χ0) is 21.1. The minimum absolute atomic E-state index is 0.208. The summed E-state index contributed by atoms with van der Waals surface area (Å²) in [6.07, 6.45) is 4.09. The number of rotatable bonds is 6. The van der Waals surface area contributed by atoms with Gasteiger partial charge in [-0.15, -0.1) is 0 Å². The average molecular weight is 422 g/mol. The van der Waals surface area contributed by atoms with Crippen molar-refractivity contribution in [3.8, 4) is 5.75 Å². The van der Waals surface area contributed by atoms with Gasteiger partial charge in [-0.1, -0.05) is 54.6 Å². The maximum absolute atomic E-state index is 13.6. The van der Waals surface area contributed by atoms with Crippen LogP contribution in [-0.4, -0.2) is 15.5 Å². The molecule has 4 nitrogen and oxygen atoms in total. The second-order valence-electron chi connectivity index (χ2n) is 7.80. The van der Waals surface area contributed by atoms with Crippen molar-refractivity contribution >= 4 is 10.0 Å². The number of benzene rings is 3. The summed E-state index contributed by atoms with van der Waals surface area (Å²) < 4.78 is 35.6. The third kappa shape index (κ3) is 4.13. The molecule has 0 spiro atoms. The topological polar surface area (TPSA) is 55.4 Å². The van der Waals surface area contributed by atoms with Crippen molar-refractivity contribution in [1.29, 1.82) is 0 Å². The van der Waals surface area contributed by atoms with Gasteiger partial charge in [-0.2, -0.15) is 4.72 Å². The smallest absolute Gasteiger partial charge is 0.245 e. The first-order valence-corrected chi connectivity index (χ1v) is 11.8. The normalized spacial score (nSPS) is 14.7. The lowest BCUT2D eigenvalue weighted by atomic mass is 9.92. The van der Waals surface area contributed by atoms with Crippen LogP contribution in [0, 0.1) is 6.92 Å². The van der Waals surface area contributed by atoms with E-state index in [1.165, 1.54) is 12.7 Å². The maximum atomic E-state index is 13.6. The van der Waals surface area contributed by atoms with Crippen molar-refractivity contribution in [3.05, 3.63) is 94.5 Å². The average Bonchev–Trinajstić information content (AvgIpc) is 2.77. The van der Waals surface area contributed by atoms with Crippen LogP contribution in [0.25, 0.3) is 0 Å². The molecule has 1 aliphatic rings. The number of hydrogen-bond acceptors (Lipinski definition) is 3. The standard InChI is InChI=1S/C25H27NO3S/c1-18-10-6-9-15-22(18)25(19-11-4-3-5-12-19)26-30(27,28)24-17-21-14-8-7-13-20(21)16-23(24)29-2/h3-6,9-12,15-17,25-26H,7-8,13-14H2,1-2H3/t25-/m0/s1. The molecule has 1 atom stereocenters. The largest absolute Gasteiger partial charge is 0.495 e. The van der Waals surface area contributed by atoms with Crippen LogP contribution < -0.4 is 9.46 Å². The summed E-state index contributed by atoms with van der Waals surface area (Å²) in [6.45, 7) is 2.00. The van der Waals surface area contributed by atoms with Crippen LogP contribution >= 0.6 is 0 Å². The Bertz CT molecular complexity index is 1140. The summed E-state index contributed by atoms with van der Waals surface area (Å²) in [5.41, 5.74) is 5.16. The van der Waals surface area contributed by atoms with Gasteiger partial charge in [0.2, 0.25) is 10.0 Å². The van der Waals surface area contributed by atoms with E-state index in [0.29, 0.717) is 5.75 Å². The van der Waals surface area contributed by atoms with Crippen LogP contribution in [0.2, 0.25) is 0 Å². The van der Waals surface area contributed by atoms with Crippen LogP contribution in [-0.2, 0) is 22.9 Å². The highest BCUT2D eigenvalue weighted by Crippen LogP contribution is 2.34. The number of sulfonamides is 1. The van der Waals surface area contributed by atoms with Gasteiger partial charge in [0.1, 0.15) is 10.6 Å². The third-order valence-electron chi connectivity index (χ3n) is 5.82. The lowest BCUT2D eigenvalue weighted by Gasteiger charge is -2.24. The molecule has 4 rings (SSSR count). The first-order valence-electron chi connectivity index (χ1n) is 10.3. The third-order valence-corrected chi connectivity index (χ3v) is 7.27. The number of nitrogens with one attached hydrogen (secondary N) is 1. The molecule has 0 unspecified atom stereocenters. The van der Waals surface area contributed by atoms with E-state index < -0.39 is 16.1 Å². The Hall–Kier alpha value is -2.63. The molecule has 1 N–H and O–H groups in total.